The number of hydrogen-bond donors (Lipinski definition) is 2. The molecule has 0 heterocycles. The Morgan fingerprint density at radius 2 is 2.11 bits per heavy atom. The van der Waals surface area contributed by atoms with E-state index in [9.17, 15) is 8.42 Å². The first-order chi connectivity index (χ1) is 8.10. The first-order valence-corrected chi connectivity index (χ1v) is 6.86. The fourth-order valence-corrected chi connectivity index (χ4v) is 2.51. The number of nitrogens with one attached hydrogen (secondary N) is 1. The summed E-state index contributed by atoms with van der Waals surface area (Å²) in [6, 6.07) is 6.69. The van der Waals surface area contributed by atoms with E-state index in [1.165, 1.54) is 0 Å². The van der Waals surface area contributed by atoms with Crippen molar-refractivity contribution in [3.8, 4) is 0 Å². The molecule has 0 saturated carbocycles. The van der Waals surface area contributed by atoms with Crippen LogP contribution in [0.4, 0.5) is 0 Å². The Morgan fingerprint density at radius 3 is 2.72 bits per heavy atom. The van der Waals surface area contributed by atoms with Crippen molar-refractivity contribution >= 4 is 22.4 Å². The summed E-state index contributed by atoms with van der Waals surface area (Å²) in [4.78, 5) is 0.254. The topological polar surface area (TPSA) is 81.4 Å². The summed E-state index contributed by atoms with van der Waals surface area (Å²) in [5.41, 5.74) is 6.14. The fraction of sp³-hybridized carbons (Fsp3) is 0.455. The molecule has 0 amide bonds. The molecule has 0 aliphatic carbocycles. The van der Waals surface area contributed by atoms with Crippen molar-refractivity contribution in [1.29, 1.82) is 0 Å². The minimum absolute atomic E-state index is 0. The van der Waals surface area contributed by atoms with Crippen LogP contribution in [0.15, 0.2) is 29.2 Å². The van der Waals surface area contributed by atoms with Gasteiger partial charge in [0, 0.05) is 13.7 Å². The molecule has 7 heteroatoms. The predicted octanol–water partition coefficient (Wildman–Crippen LogP) is 0.882. The van der Waals surface area contributed by atoms with Crippen LogP contribution in [0.1, 0.15) is 12.0 Å². The lowest BCUT2D eigenvalue weighted by atomic mass is 10.2. The molecule has 0 spiro atoms. The molecule has 5 nitrogen and oxygen atoms in total. The van der Waals surface area contributed by atoms with Crippen LogP contribution in [0, 0.1) is 0 Å². The Balaban J connectivity index is 0.00000289. The number of nitrogens with two attached hydrogens (primary N) is 1. The van der Waals surface area contributed by atoms with E-state index in [1.54, 1.807) is 25.3 Å². The van der Waals surface area contributed by atoms with Crippen LogP contribution < -0.4 is 10.5 Å². The number of methoxy groups -OCH3 is 1. The van der Waals surface area contributed by atoms with Gasteiger partial charge in [0.25, 0.3) is 0 Å². The zero-order chi connectivity index (χ0) is 12.7. The number of ether oxygens (including phenoxy) is 1. The fourth-order valence-electron chi connectivity index (χ4n) is 1.36. The van der Waals surface area contributed by atoms with Gasteiger partial charge in [0.15, 0.2) is 0 Å². The van der Waals surface area contributed by atoms with Gasteiger partial charge in [0.1, 0.15) is 0 Å². The highest BCUT2D eigenvalue weighted by Crippen LogP contribution is 2.11. The molecule has 0 aromatic heterocycles. The maximum absolute atomic E-state index is 11.9. The summed E-state index contributed by atoms with van der Waals surface area (Å²) in [7, 11) is -1.86. The molecule has 104 valence electrons. The lowest BCUT2D eigenvalue weighted by Gasteiger charge is -2.07. The summed E-state index contributed by atoms with van der Waals surface area (Å²) >= 11 is 0. The van der Waals surface area contributed by atoms with E-state index in [0.29, 0.717) is 26.1 Å². The lowest BCUT2D eigenvalue weighted by molar-refractivity contribution is 0.184. The Hall–Kier alpha value is -0.660. The van der Waals surface area contributed by atoms with Crippen molar-refractivity contribution in [1.82, 2.24) is 4.72 Å². The van der Waals surface area contributed by atoms with Gasteiger partial charge in [-0.05, 0) is 30.7 Å². The number of benzene rings is 1. The predicted molar refractivity (Wildman–Crippen MR) is 73.3 cm³/mol. The molecule has 18 heavy (non-hydrogen) atoms. The van der Waals surface area contributed by atoms with E-state index < -0.39 is 10.0 Å². The molecule has 0 bridgehead atoms. The van der Waals surface area contributed by atoms with Gasteiger partial charge >= 0.3 is 0 Å². The highest BCUT2D eigenvalue weighted by molar-refractivity contribution is 7.89. The van der Waals surface area contributed by atoms with Gasteiger partial charge in [-0.25, -0.2) is 13.1 Å². The number of halogens is 1. The van der Waals surface area contributed by atoms with Crippen LogP contribution in [-0.4, -0.2) is 28.6 Å². The molecule has 0 radical (unpaired) electrons. The summed E-state index contributed by atoms with van der Waals surface area (Å²) in [6.45, 7) is 1.21. The minimum Gasteiger partial charge on any atom is -0.380 e. The monoisotopic (exact) mass is 294 g/mol. The SMILES string of the molecule is COCc1cccc(S(=O)(=O)NCCCN)c1.Cl. The second kappa shape index (κ2) is 8.44. The van der Waals surface area contributed by atoms with Gasteiger partial charge in [-0.15, -0.1) is 12.4 Å². The minimum atomic E-state index is -3.43. The standard InChI is InChI=1S/C11H18N2O3S.ClH/c1-16-9-10-4-2-5-11(8-10)17(14,15)13-7-3-6-12;/h2,4-5,8,13H,3,6-7,9,12H2,1H3;1H. The van der Waals surface area contributed by atoms with Crippen molar-refractivity contribution in [2.45, 2.75) is 17.9 Å². The lowest BCUT2D eigenvalue weighted by Crippen LogP contribution is -2.26. The van der Waals surface area contributed by atoms with Crippen molar-refractivity contribution < 1.29 is 13.2 Å². The zero-order valence-electron chi connectivity index (χ0n) is 10.3. The first-order valence-electron chi connectivity index (χ1n) is 5.38. The van der Waals surface area contributed by atoms with Crippen molar-refractivity contribution in [3.05, 3.63) is 29.8 Å². The van der Waals surface area contributed by atoms with E-state index in [0.717, 1.165) is 5.56 Å². The molecule has 1 aromatic rings. The van der Waals surface area contributed by atoms with Crippen molar-refractivity contribution in [3.63, 3.8) is 0 Å². The van der Waals surface area contributed by atoms with Gasteiger partial charge in [0.05, 0.1) is 11.5 Å². The molecular formula is C11H19ClN2O3S. The molecule has 0 unspecified atom stereocenters. The first kappa shape index (κ1) is 17.3. The quantitative estimate of drug-likeness (QED) is 0.732. The Kier molecular flexibility index (Phi) is 8.13. The molecule has 1 aromatic carbocycles. The second-order valence-corrected chi connectivity index (χ2v) is 5.39. The van der Waals surface area contributed by atoms with Crippen LogP contribution in [0.25, 0.3) is 0 Å². The van der Waals surface area contributed by atoms with Crippen LogP contribution in [0.3, 0.4) is 0 Å². The van der Waals surface area contributed by atoms with Crippen molar-refractivity contribution in [2.24, 2.45) is 5.73 Å². The van der Waals surface area contributed by atoms with Gasteiger partial charge < -0.3 is 10.5 Å². The summed E-state index contributed by atoms with van der Waals surface area (Å²) in [5, 5.41) is 0. The third-order valence-corrected chi connectivity index (χ3v) is 3.65. The molecule has 0 saturated heterocycles. The third kappa shape index (κ3) is 5.32. The average Bonchev–Trinajstić information content (AvgIpc) is 2.30. The van der Waals surface area contributed by atoms with Crippen LogP contribution in [0.2, 0.25) is 0 Å². The molecule has 0 fully saturated rings. The van der Waals surface area contributed by atoms with E-state index in [1.807, 2.05) is 6.07 Å². The van der Waals surface area contributed by atoms with Gasteiger partial charge in [-0.3, -0.25) is 0 Å². The Labute approximate surface area is 114 Å². The molecular weight excluding hydrogens is 276 g/mol. The van der Waals surface area contributed by atoms with E-state index >= 15 is 0 Å². The highest BCUT2D eigenvalue weighted by Gasteiger charge is 2.13. The van der Waals surface area contributed by atoms with E-state index in [4.69, 9.17) is 10.5 Å². The maximum Gasteiger partial charge on any atom is 0.240 e. The molecule has 0 atom stereocenters. The van der Waals surface area contributed by atoms with Gasteiger partial charge in [0.2, 0.25) is 10.0 Å². The highest BCUT2D eigenvalue weighted by atomic mass is 35.5. The van der Waals surface area contributed by atoms with Crippen LogP contribution in [0.5, 0.6) is 0 Å². The van der Waals surface area contributed by atoms with E-state index in [2.05, 4.69) is 4.72 Å². The average molecular weight is 295 g/mol. The second-order valence-electron chi connectivity index (χ2n) is 3.62. The van der Waals surface area contributed by atoms with Crippen molar-refractivity contribution in [2.75, 3.05) is 20.2 Å². The smallest absolute Gasteiger partial charge is 0.240 e. The normalized spacial score (nSPS) is 11.0. The maximum atomic E-state index is 11.9. The number of rotatable bonds is 7. The zero-order valence-corrected chi connectivity index (χ0v) is 11.9. The number of hydrogen-bond acceptors (Lipinski definition) is 4. The molecule has 0 aliphatic rings. The van der Waals surface area contributed by atoms with Gasteiger partial charge in [-0.1, -0.05) is 12.1 Å². The van der Waals surface area contributed by atoms with E-state index in [-0.39, 0.29) is 17.3 Å². The van der Waals surface area contributed by atoms with Gasteiger partial charge in [-0.2, -0.15) is 0 Å². The largest absolute Gasteiger partial charge is 0.380 e. The third-order valence-electron chi connectivity index (χ3n) is 2.19. The van der Waals surface area contributed by atoms with Crippen LogP contribution in [-0.2, 0) is 21.4 Å². The summed E-state index contributed by atoms with van der Waals surface area (Å²) in [5.74, 6) is 0. The molecule has 0 aliphatic heterocycles. The molecule has 1 rings (SSSR count). The summed E-state index contributed by atoms with van der Waals surface area (Å²) in [6.07, 6.45) is 0.622. The Morgan fingerprint density at radius 1 is 1.39 bits per heavy atom. The Bertz CT molecular complexity index is 451. The number of sulfonamides is 1. The molecule has 3 N–H and O–H groups in total. The summed E-state index contributed by atoms with van der Waals surface area (Å²) < 4.78 is 31.2. The van der Waals surface area contributed by atoms with Crippen LogP contribution >= 0.6 is 12.4 Å².